The Kier molecular flexibility index (Phi) is 3.37. The third-order valence-electron chi connectivity index (χ3n) is 1.87. The molecule has 1 aromatic rings. The number of rotatable bonds is 2. The predicted octanol–water partition coefficient (Wildman–Crippen LogP) is 2.01. The zero-order valence-electron chi connectivity index (χ0n) is 8.32. The van der Waals surface area contributed by atoms with Crippen molar-refractivity contribution in [2.75, 3.05) is 14.2 Å². The van der Waals surface area contributed by atoms with E-state index in [9.17, 15) is 9.18 Å². The third kappa shape index (κ3) is 2.30. The van der Waals surface area contributed by atoms with Gasteiger partial charge in [-0.3, -0.25) is 9.63 Å². The van der Waals surface area contributed by atoms with E-state index >= 15 is 0 Å². The van der Waals surface area contributed by atoms with Crippen molar-refractivity contribution in [3.63, 3.8) is 0 Å². The molecule has 1 aromatic carbocycles. The molecule has 0 spiro atoms. The number of carbonyl (C=O) groups excluding carboxylic acids is 1. The van der Waals surface area contributed by atoms with Crippen LogP contribution in [-0.4, -0.2) is 25.1 Å². The van der Waals surface area contributed by atoms with Gasteiger partial charge in [0.05, 0.1) is 19.2 Å². The highest BCUT2D eigenvalue weighted by Gasteiger charge is 2.15. The number of benzene rings is 1. The monoisotopic (exact) mass is 208 g/mol. The SMILES string of the molecule is [C-]#[N+]c1ccc(C(=O)N(C)OC)c(F)c1. The summed E-state index contributed by atoms with van der Waals surface area (Å²) >= 11 is 0. The second-order valence-electron chi connectivity index (χ2n) is 2.76. The van der Waals surface area contributed by atoms with Crippen molar-refractivity contribution in [2.45, 2.75) is 0 Å². The summed E-state index contributed by atoms with van der Waals surface area (Å²) in [4.78, 5) is 19.2. The summed E-state index contributed by atoms with van der Waals surface area (Å²) < 4.78 is 13.3. The van der Waals surface area contributed by atoms with E-state index in [4.69, 9.17) is 6.57 Å². The maximum atomic E-state index is 13.3. The molecule has 0 heterocycles. The third-order valence-corrected chi connectivity index (χ3v) is 1.87. The van der Waals surface area contributed by atoms with Crippen molar-refractivity contribution in [2.24, 2.45) is 0 Å². The van der Waals surface area contributed by atoms with Crippen LogP contribution in [0.25, 0.3) is 4.85 Å². The van der Waals surface area contributed by atoms with Crippen LogP contribution in [0.1, 0.15) is 10.4 Å². The lowest BCUT2D eigenvalue weighted by Crippen LogP contribution is -2.26. The maximum Gasteiger partial charge on any atom is 0.280 e. The number of halogens is 1. The molecule has 5 heteroatoms. The maximum absolute atomic E-state index is 13.3. The van der Waals surface area contributed by atoms with Crippen molar-refractivity contribution in [3.05, 3.63) is 41.0 Å². The average Bonchev–Trinajstić information content (AvgIpc) is 2.26. The first-order valence-corrected chi connectivity index (χ1v) is 4.09. The zero-order valence-corrected chi connectivity index (χ0v) is 8.32. The molecule has 0 atom stereocenters. The number of hydrogen-bond acceptors (Lipinski definition) is 2. The highest BCUT2D eigenvalue weighted by Crippen LogP contribution is 2.18. The standard InChI is InChI=1S/C10H9FN2O2/c1-12-7-4-5-8(9(11)6-7)10(14)13(2)15-3/h4-6H,2-3H3. The van der Waals surface area contributed by atoms with Crippen molar-refractivity contribution >= 4 is 11.6 Å². The fourth-order valence-corrected chi connectivity index (χ4v) is 1.000. The second-order valence-corrected chi connectivity index (χ2v) is 2.76. The normalized spacial score (nSPS) is 9.47. The van der Waals surface area contributed by atoms with Crippen LogP contribution >= 0.6 is 0 Å². The lowest BCUT2D eigenvalue weighted by atomic mass is 10.2. The Labute approximate surface area is 86.6 Å². The quantitative estimate of drug-likeness (QED) is 0.550. The second kappa shape index (κ2) is 4.53. The molecule has 0 aliphatic carbocycles. The first-order valence-electron chi connectivity index (χ1n) is 4.09. The van der Waals surface area contributed by atoms with Crippen LogP contribution in [0.2, 0.25) is 0 Å². The molecule has 0 saturated carbocycles. The number of carbonyl (C=O) groups is 1. The van der Waals surface area contributed by atoms with Crippen molar-refractivity contribution in [3.8, 4) is 0 Å². The van der Waals surface area contributed by atoms with Gasteiger partial charge in [-0.25, -0.2) is 14.3 Å². The molecule has 0 aliphatic rings. The summed E-state index contributed by atoms with van der Waals surface area (Å²) in [6, 6.07) is 3.66. The van der Waals surface area contributed by atoms with Gasteiger partial charge in [0.25, 0.3) is 5.91 Å². The summed E-state index contributed by atoms with van der Waals surface area (Å²) in [6.45, 7) is 6.68. The van der Waals surface area contributed by atoms with Crippen LogP contribution in [0, 0.1) is 12.4 Å². The fourth-order valence-electron chi connectivity index (χ4n) is 1.000. The number of hydrogen-bond donors (Lipinski definition) is 0. The molecule has 1 amide bonds. The average molecular weight is 208 g/mol. The van der Waals surface area contributed by atoms with Gasteiger partial charge in [0.15, 0.2) is 5.69 Å². The van der Waals surface area contributed by atoms with Gasteiger partial charge in [0.1, 0.15) is 5.82 Å². The van der Waals surface area contributed by atoms with Crippen LogP contribution in [0.3, 0.4) is 0 Å². The lowest BCUT2D eigenvalue weighted by Gasteiger charge is -2.13. The van der Waals surface area contributed by atoms with Gasteiger partial charge in [0, 0.05) is 7.05 Å². The van der Waals surface area contributed by atoms with Crippen LogP contribution < -0.4 is 0 Å². The van der Waals surface area contributed by atoms with Gasteiger partial charge >= 0.3 is 0 Å². The van der Waals surface area contributed by atoms with Crippen molar-refractivity contribution in [1.29, 1.82) is 0 Å². The number of amides is 1. The van der Waals surface area contributed by atoms with E-state index in [0.29, 0.717) is 0 Å². The van der Waals surface area contributed by atoms with Crippen LogP contribution in [0.15, 0.2) is 18.2 Å². The van der Waals surface area contributed by atoms with Gasteiger partial charge in [-0.2, -0.15) is 0 Å². The molecule has 0 bridgehead atoms. The van der Waals surface area contributed by atoms with Crippen LogP contribution in [-0.2, 0) is 4.84 Å². The van der Waals surface area contributed by atoms with Gasteiger partial charge in [-0.15, -0.1) is 0 Å². The first-order chi connectivity index (χ1) is 7.10. The molecular formula is C10H9FN2O2. The summed E-state index contributed by atoms with van der Waals surface area (Å²) in [5.41, 5.74) is 0.0378. The highest BCUT2D eigenvalue weighted by molar-refractivity contribution is 5.94. The summed E-state index contributed by atoms with van der Waals surface area (Å²) in [7, 11) is 2.69. The van der Waals surface area contributed by atoms with Crippen LogP contribution in [0.4, 0.5) is 10.1 Å². The summed E-state index contributed by atoms with van der Waals surface area (Å²) in [5.74, 6) is -1.32. The topological polar surface area (TPSA) is 33.9 Å². The smallest absolute Gasteiger partial charge is 0.274 e. The van der Waals surface area contributed by atoms with Gasteiger partial charge < -0.3 is 0 Å². The van der Waals surface area contributed by atoms with Gasteiger partial charge in [0.2, 0.25) is 0 Å². The molecule has 0 fully saturated rings. The molecular weight excluding hydrogens is 199 g/mol. The number of nitrogens with zero attached hydrogens (tertiary/aromatic N) is 2. The Morgan fingerprint density at radius 2 is 2.27 bits per heavy atom. The van der Waals surface area contributed by atoms with Crippen LogP contribution in [0.5, 0.6) is 0 Å². The van der Waals surface area contributed by atoms with E-state index in [1.807, 2.05) is 0 Å². The minimum Gasteiger partial charge on any atom is -0.274 e. The summed E-state index contributed by atoms with van der Waals surface area (Å²) in [6.07, 6.45) is 0. The lowest BCUT2D eigenvalue weighted by molar-refractivity contribution is -0.0759. The van der Waals surface area contributed by atoms with E-state index < -0.39 is 11.7 Å². The first kappa shape index (κ1) is 11.1. The molecule has 4 nitrogen and oxygen atoms in total. The molecule has 0 saturated heterocycles. The fraction of sp³-hybridized carbons (Fsp3) is 0.200. The molecule has 78 valence electrons. The van der Waals surface area contributed by atoms with E-state index in [1.54, 1.807) is 0 Å². The van der Waals surface area contributed by atoms with E-state index in [1.165, 1.54) is 26.3 Å². The summed E-state index contributed by atoms with van der Waals surface area (Å²) in [5, 5.41) is 0.913. The Hall–Kier alpha value is -1.93. The molecule has 0 N–H and O–H groups in total. The predicted molar refractivity (Wildman–Crippen MR) is 51.8 cm³/mol. The Morgan fingerprint density at radius 1 is 1.60 bits per heavy atom. The number of hydroxylamine groups is 2. The minimum absolute atomic E-state index is 0.119. The molecule has 0 unspecified atom stereocenters. The van der Waals surface area contributed by atoms with Crippen molar-refractivity contribution < 1.29 is 14.0 Å². The molecule has 0 radical (unpaired) electrons. The molecule has 15 heavy (non-hydrogen) atoms. The zero-order chi connectivity index (χ0) is 11.4. The Bertz CT molecular complexity index is 426. The largest absolute Gasteiger partial charge is 0.280 e. The molecule has 0 aromatic heterocycles. The van der Waals surface area contributed by atoms with Gasteiger partial charge in [-0.1, -0.05) is 12.1 Å². The van der Waals surface area contributed by atoms with E-state index in [2.05, 4.69) is 9.68 Å². The Morgan fingerprint density at radius 3 is 2.73 bits per heavy atom. The molecule has 1 rings (SSSR count). The van der Waals surface area contributed by atoms with E-state index in [0.717, 1.165) is 11.1 Å². The highest BCUT2D eigenvalue weighted by atomic mass is 19.1. The molecule has 0 aliphatic heterocycles. The van der Waals surface area contributed by atoms with Crippen molar-refractivity contribution in [1.82, 2.24) is 5.06 Å². The van der Waals surface area contributed by atoms with E-state index in [-0.39, 0.29) is 11.3 Å². The Balaban J connectivity index is 3.07. The minimum atomic E-state index is -0.725. The van der Waals surface area contributed by atoms with Gasteiger partial charge in [-0.05, 0) is 6.07 Å².